The molecule has 1 atom stereocenters. The summed E-state index contributed by atoms with van der Waals surface area (Å²) in [5, 5.41) is 4.07. The van der Waals surface area contributed by atoms with Crippen molar-refractivity contribution in [1.29, 1.82) is 0 Å². The molecule has 0 saturated carbocycles. The number of hydrogen-bond donors (Lipinski definition) is 0. The van der Waals surface area contributed by atoms with Gasteiger partial charge in [0, 0.05) is 30.6 Å². The van der Waals surface area contributed by atoms with Crippen molar-refractivity contribution in [3.63, 3.8) is 0 Å². The number of amides is 1. The summed E-state index contributed by atoms with van der Waals surface area (Å²) in [6.07, 6.45) is 0.259. The Labute approximate surface area is 167 Å². The van der Waals surface area contributed by atoms with E-state index in [4.69, 9.17) is 14.0 Å². The number of aryl methyl sites for hydroxylation is 1. The van der Waals surface area contributed by atoms with Crippen molar-refractivity contribution in [3.05, 3.63) is 53.6 Å². The molecule has 1 aliphatic heterocycles. The molecular formula is C21H20FN3O4. The Kier molecular flexibility index (Phi) is 4.92. The lowest BCUT2D eigenvalue weighted by Crippen LogP contribution is -2.24. The van der Waals surface area contributed by atoms with Crippen molar-refractivity contribution in [3.8, 4) is 23.0 Å². The first-order chi connectivity index (χ1) is 14.0. The van der Waals surface area contributed by atoms with Gasteiger partial charge in [0.05, 0.1) is 19.8 Å². The summed E-state index contributed by atoms with van der Waals surface area (Å²) in [6, 6.07) is 9.93. The molecule has 1 amide bonds. The largest absolute Gasteiger partial charge is 0.497 e. The SMILES string of the molecule is COc1ccc(-c2nc(C3CC(=O)N(c4ccc(F)c(C)c4)C3)no2)c(OC)c1. The van der Waals surface area contributed by atoms with Crippen LogP contribution in [0.4, 0.5) is 10.1 Å². The molecule has 1 fully saturated rings. The molecule has 150 valence electrons. The molecule has 1 saturated heterocycles. The lowest BCUT2D eigenvalue weighted by Gasteiger charge is -2.16. The van der Waals surface area contributed by atoms with Gasteiger partial charge in [-0.25, -0.2) is 4.39 Å². The number of hydrogen-bond acceptors (Lipinski definition) is 6. The summed E-state index contributed by atoms with van der Waals surface area (Å²) in [5.41, 5.74) is 1.80. The number of nitrogens with zero attached hydrogens (tertiary/aromatic N) is 3. The van der Waals surface area contributed by atoms with Crippen molar-refractivity contribution in [2.75, 3.05) is 25.7 Å². The highest BCUT2D eigenvalue weighted by atomic mass is 19.1. The molecule has 0 spiro atoms. The number of carbonyl (C=O) groups is 1. The van der Waals surface area contributed by atoms with E-state index in [0.717, 1.165) is 0 Å². The maximum atomic E-state index is 13.5. The third-order valence-electron chi connectivity index (χ3n) is 5.02. The predicted octanol–water partition coefficient (Wildman–Crippen LogP) is 3.72. The lowest BCUT2D eigenvalue weighted by atomic mass is 10.1. The zero-order valence-electron chi connectivity index (χ0n) is 16.3. The van der Waals surface area contributed by atoms with Crippen LogP contribution in [0.1, 0.15) is 23.7 Å². The van der Waals surface area contributed by atoms with Gasteiger partial charge in [0.25, 0.3) is 5.89 Å². The Morgan fingerprint density at radius 1 is 1.17 bits per heavy atom. The second-order valence-electron chi connectivity index (χ2n) is 6.86. The number of rotatable bonds is 5. The van der Waals surface area contributed by atoms with E-state index < -0.39 is 0 Å². The van der Waals surface area contributed by atoms with E-state index in [2.05, 4.69) is 10.1 Å². The lowest BCUT2D eigenvalue weighted by molar-refractivity contribution is -0.117. The van der Waals surface area contributed by atoms with Crippen LogP contribution in [0.3, 0.4) is 0 Å². The Morgan fingerprint density at radius 3 is 2.72 bits per heavy atom. The summed E-state index contributed by atoms with van der Waals surface area (Å²) < 4.78 is 29.6. The molecule has 1 aromatic heterocycles. The van der Waals surface area contributed by atoms with Gasteiger partial charge < -0.3 is 18.9 Å². The number of carbonyl (C=O) groups excluding carboxylic acids is 1. The number of methoxy groups -OCH3 is 2. The molecular weight excluding hydrogens is 377 g/mol. The van der Waals surface area contributed by atoms with Gasteiger partial charge in [-0.1, -0.05) is 5.16 Å². The summed E-state index contributed by atoms with van der Waals surface area (Å²) in [7, 11) is 3.12. The number of benzene rings is 2. The van der Waals surface area contributed by atoms with Crippen LogP contribution in [0.2, 0.25) is 0 Å². The van der Waals surface area contributed by atoms with Crippen molar-refractivity contribution in [1.82, 2.24) is 10.1 Å². The first kappa shape index (κ1) is 18.9. The topological polar surface area (TPSA) is 77.7 Å². The van der Waals surface area contributed by atoms with Gasteiger partial charge >= 0.3 is 0 Å². The second-order valence-corrected chi connectivity index (χ2v) is 6.86. The zero-order valence-corrected chi connectivity index (χ0v) is 16.3. The van der Waals surface area contributed by atoms with Crippen LogP contribution < -0.4 is 14.4 Å². The van der Waals surface area contributed by atoms with E-state index in [1.54, 1.807) is 56.4 Å². The summed E-state index contributed by atoms with van der Waals surface area (Å²) in [4.78, 5) is 18.6. The Morgan fingerprint density at radius 2 is 2.00 bits per heavy atom. The minimum Gasteiger partial charge on any atom is -0.497 e. The molecule has 8 heteroatoms. The molecule has 29 heavy (non-hydrogen) atoms. The number of halogens is 1. The Hall–Kier alpha value is -3.42. The van der Waals surface area contributed by atoms with Crippen molar-refractivity contribution < 1.29 is 23.2 Å². The Bertz CT molecular complexity index is 1070. The zero-order chi connectivity index (χ0) is 20.5. The summed E-state index contributed by atoms with van der Waals surface area (Å²) in [6.45, 7) is 2.08. The van der Waals surface area contributed by atoms with Gasteiger partial charge in [0.2, 0.25) is 5.91 Å². The van der Waals surface area contributed by atoms with Crippen molar-refractivity contribution >= 4 is 11.6 Å². The Balaban J connectivity index is 1.57. The number of anilines is 1. The quantitative estimate of drug-likeness (QED) is 0.653. The fourth-order valence-corrected chi connectivity index (χ4v) is 3.41. The van der Waals surface area contributed by atoms with Crippen LogP contribution in [-0.4, -0.2) is 36.8 Å². The second kappa shape index (κ2) is 7.54. The summed E-state index contributed by atoms with van der Waals surface area (Å²) >= 11 is 0. The monoisotopic (exact) mass is 397 g/mol. The molecule has 1 aliphatic rings. The molecule has 0 N–H and O–H groups in total. The predicted molar refractivity (Wildman–Crippen MR) is 104 cm³/mol. The molecule has 0 bridgehead atoms. The van der Waals surface area contributed by atoms with E-state index in [0.29, 0.717) is 46.6 Å². The van der Waals surface area contributed by atoms with Crippen LogP contribution >= 0.6 is 0 Å². The van der Waals surface area contributed by atoms with Gasteiger partial charge in [-0.2, -0.15) is 4.98 Å². The summed E-state index contributed by atoms with van der Waals surface area (Å²) in [5.74, 6) is 1.38. The van der Waals surface area contributed by atoms with E-state index in [1.165, 1.54) is 6.07 Å². The third-order valence-corrected chi connectivity index (χ3v) is 5.02. The van der Waals surface area contributed by atoms with Crippen LogP contribution in [0.15, 0.2) is 40.9 Å². The maximum Gasteiger partial charge on any atom is 0.261 e. The third kappa shape index (κ3) is 3.53. The van der Waals surface area contributed by atoms with Crippen LogP contribution in [0, 0.1) is 12.7 Å². The van der Waals surface area contributed by atoms with Crippen LogP contribution in [0.25, 0.3) is 11.5 Å². The molecule has 2 aromatic carbocycles. The standard InChI is InChI=1S/C21H20FN3O4/c1-12-8-14(4-7-17(12)22)25-11-13(9-19(25)26)20-23-21(29-24-20)16-6-5-15(27-2)10-18(16)28-3/h4-8,10,13H,9,11H2,1-3H3. The number of ether oxygens (including phenoxy) is 2. The first-order valence-corrected chi connectivity index (χ1v) is 9.12. The van der Waals surface area contributed by atoms with Crippen LogP contribution in [0.5, 0.6) is 11.5 Å². The fraction of sp³-hybridized carbons (Fsp3) is 0.286. The average molecular weight is 397 g/mol. The van der Waals surface area contributed by atoms with E-state index >= 15 is 0 Å². The molecule has 3 aromatic rings. The van der Waals surface area contributed by atoms with E-state index in [1.807, 2.05) is 0 Å². The van der Waals surface area contributed by atoms with Crippen LogP contribution in [-0.2, 0) is 4.79 Å². The van der Waals surface area contributed by atoms with Gasteiger partial charge in [-0.15, -0.1) is 0 Å². The highest BCUT2D eigenvalue weighted by Gasteiger charge is 2.35. The maximum absolute atomic E-state index is 13.5. The molecule has 0 radical (unpaired) electrons. The van der Waals surface area contributed by atoms with Gasteiger partial charge in [-0.3, -0.25) is 4.79 Å². The highest BCUT2D eigenvalue weighted by molar-refractivity contribution is 5.96. The van der Waals surface area contributed by atoms with E-state index in [9.17, 15) is 9.18 Å². The van der Waals surface area contributed by atoms with Crippen molar-refractivity contribution in [2.24, 2.45) is 0 Å². The van der Waals surface area contributed by atoms with Gasteiger partial charge in [0.1, 0.15) is 17.3 Å². The molecule has 2 heterocycles. The molecule has 0 aliphatic carbocycles. The smallest absolute Gasteiger partial charge is 0.261 e. The molecule has 1 unspecified atom stereocenters. The fourth-order valence-electron chi connectivity index (χ4n) is 3.41. The average Bonchev–Trinajstić information content (AvgIpc) is 3.36. The molecule has 4 rings (SSSR count). The highest BCUT2D eigenvalue weighted by Crippen LogP contribution is 2.35. The molecule has 7 nitrogen and oxygen atoms in total. The minimum atomic E-state index is -0.298. The van der Waals surface area contributed by atoms with E-state index in [-0.39, 0.29) is 24.1 Å². The van der Waals surface area contributed by atoms with Gasteiger partial charge in [0.15, 0.2) is 5.82 Å². The minimum absolute atomic E-state index is 0.0608. The van der Waals surface area contributed by atoms with Crippen molar-refractivity contribution in [2.45, 2.75) is 19.3 Å². The normalized spacial score (nSPS) is 16.3. The first-order valence-electron chi connectivity index (χ1n) is 9.12. The van der Waals surface area contributed by atoms with Gasteiger partial charge in [-0.05, 0) is 42.8 Å². The number of aromatic nitrogens is 2.